The number of rotatable bonds is 3. The minimum Gasteiger partial charge on any atom is -0.490 e. The van der Waals surface area contributed by atoms with Crippen molar-refractivity contribution in [3.63, 3.8) is 0 Å². The maximum absolute atomic E-state index is 12.1. The van der Waals surface area contributed by atoms with Crippen molar-refractivity contribution in [2.24, 2.45) is 7.05 Å². The first-order valence-electron chi connectivity index (χ1n) is 5.45. The second kappa shape index (κ2) is 4.69. The first-order chi connectivity index (χ1) is 8.99. The summed E-state index contributed by atoms with van der Waals surface area (Å²) in [6.07, 6.45) is 0. The molecule has 0 amide bonds. The van der Waals surface area contributed by atoms with Gasteiger partial charge in [-0.2, -0.15) is 0 Å². The second-order valence-electron chi connectivity index (χ2n) is 4.03. The normalized spacial score (nSPS) is 10.7. The zero-order valence-electron chi connectivity index (χ0n) is 10.4. The van der Waals surface area contributed by atoms with Crippen LogP contribution in [0.15, 0.2) is 23.0 Å². The van der Waals surface area contributed by atoms with E-state index in [0.29, 0.717) is 11.1 Å². The van der Waals surface area contributed by atoms with E-state index in [4.69, 9.17) is 4.74 Å². The summed E-state index contributed by atoms with van der Waals surface area (Å²) in [4.78, 5) is 22.4. The lowest BCUT2D eigenvalue weighted by molar-refractivity contribution is -0.385. The lowest BCUT2D eigenvalue weighted by atomic mass is 10.1. The van der Waals surface area contributed by atoms with Crippen LogP contribution >= 0.6 is 0 Å². The van der Waals surface area contributed by atoms with E-state index in [2.05, 4.69) is 0 Å². The summed E-state index contributed by atoms with van der Waals surface area (Å²) in [5, 5.41) is 20.8. The smallest absolute Gasteiger partial charge is 0.311 e. The largest absolute Gasteiger partial charge is 0.490 e. The molecule has 1 N–H and O–H groups in total. The number of benzene rings is 1. The van der Waals surface area contributed by atoms with Gasteiger partial charge in [0.25, 0.3) is 5.56 Å². The number of aliphatic hydroxyl groups excluding tert-OH is 1. The van der Waals surface area contributed by atoms with E-state index >= 15 is 0 Å². The third-order valence-electron chi connectivity index (χ3n) is 3.00. The zero-order chi connectivity index (χ0) is 14.2. The van der Waals surface area contributed by atoms with Crippen LogP contribution in [0.3, 0.4) is 0 Å². The van der Waals surface area contributed by atoms with Gasteiger partial charge in [0.15, 0.2) is 5.75 Å². The van der Waals surface area contributed by atoms with E-state index in [1.165, 1.54) is 30.9 Å². The van der Waals surface area contributed by atoms with Gasteiger partial charge in [0.05, 0.1) is 24.0 Å². The van der Waals surface area contributed by atoms with Crippen molar-refractivity contribution >= 4 is 16.5 Å². The van der Waals surface area contributed by atoms with E-state index in [-0.39, 0.29) is 23.4 Å². The molecule has 0 bridgehead atoms. The number of aliphatic hydroxyl groups is 1. The van der Waals surface area contributed by atoms with Crippen LogP contribution < -0.4 is 10.3 Å². The minimum atomic E-state index is -0.600. The predicted octanol–water partition coefficient (Wildman–Crippen LogP) is 0.948. The molecule has 0 spiro atoms. The second-order valence-corrected chi connectivity index (χ2v) is 4.03. The SMILES string of the molecule is COc1cc2cc(CO)n(C)c(=O)c2cc1[N+](=O)[O-]. The molecule has 7 nitrogen and oxygen atoms in total. The van der Waals surface area contributed by atoms with Gasteiger partial charge in [-0.15, -0.1) is 0 Å². The fourth-order valence-electron chi connectivity index (χ4n) is 1.93. The molecule has 0 unspecified atom stereocenters. The van der Waals surface area contributed by atoms with Crippen molar-refractivity contribution < 1.29 is 14.8 Å². The number of nitro benzene ring substituents is 1. The number of hydrogen-bond acceptors (Lipinski definition) is 5. The molecular weight excluding hydrogens is 252 g/mol. The lowest BCUT2D eigenvalue weighted by Crippen LogP contribution is -2.20. The van der Waals surface area contributed by atoms with E-state index < -0.39 is 10.5 Å². The summed E-state index contributed by atoms with van der Waals surface area (Å²) in [5.74, 6) is 0.0784. The first kappa shape index (κ1) is 13.0. The highest BCUT2D eigenvalue weighted by Gasteiger charge is 2.18. The molecule has 1 aromatic heterocycles. The maximum atomic E-state index is 12.1. The molecule has 2 aromatic rings. The average Bonchev–Trinajstić information content (AvgIpc) is 2.41. The van der Waals surface area contributed by atoms with Crippen molar-refractivity contribution in [2.75, 3.05) is 7.11 Å². The number of hydrogen-bond donors (Lipinski definition) is 1. The molecule has 0 aliphatic carbocycles. The number of nitro groups is 1. The third kappa shape index (κ3) is 2.04. The Balaban J connectivity index is 2.90. The van der Waals surface area contributed by atoms with Crippen LogP contribution in [0.2, 0.25) is 0 Å². The van der Waals surface area contributed by atoms with Crippen LogP contribution in [-0.2, 0) is 13.7 Å². The Morgan fingerprint density at radius 2 is 2.11 bits per heavy atom. The molecule has 0 aliphatic heterocycles. The van der Waals surface area contributed by atoms with Crippen molar-refractivity contribution in [3.8, 4) is 5.75 Å². The van der Waals surface area contributed by atoms with Crippen LogP contribution in [0.25, 0.3) is 10.8 Å². The Labute approximate surface area is 107 Å². The molecule has 0 saturated carbocycles. The Morgan fingerprint density at radius 1 is 1.42 bits per heavy atom. The highest BCUT2D eigenvalue weighted by Crippen LogP contribution is 2.30. The van der Waals surface area contributed by atoms with Gasteiger partial charge in [-0.1, -0.05) is 0 Å². The van der Waals surface area contributed by atoms with Gasteiger partial charge in [-0.05, 0) is 17.5 Å². The van der Waals surface area contributed by atoms with Crippen molar-refractivity contribution in [2.45, 2.75) is 6.61 Å². The van der Waals surface area contributed by atoms with Gasteiger partial charge < -0.3 is 14.4 Å². The van der Waals surface area contributed by atoms with Crippen LogP contribution in [0.1, 0.15) is 5.69 Å². The molecular formula is C12H12N2O5. The van der Waals surface area contributed by atoms with Gasteiger partial charge in [0.1, 0.15) is 0 Å². The minimum absolute atomic E-state index is 0.0784. The first-order valence-corrected chi connectivity index (χ1v) is 5.45. The van der Waals surface area contributed by atoms with Crippen LogP contribution in [0.5, 0.6) is 5.75 Å². The van der Waals surface area contributed by atoms with Crippen LogP contribution in [0.4, 0.5) is 5.69 Å². The summed E-state index contributed by atoms with van der Waals surface area (Å²) in [6, 6.07) is 4.22. The van der Waals surface area contributed by atoms with E-state index in [9.17, 15) is 20.0 Å². The highest BCUT2D eigenvalue weighted by atomic mass is 16.6. The molecule has 2 rings (SSSR count). The molecule has 0 fully saturated rings. The molecule has 0 aliphatic rings. The zero-order valence-corrected chi connectivity index (χ0v) is 10.4. The molecule has 0 radical (unpaired) electrons. The predicted molar refractivity (Wildman–Crippen MR) is 68.3 cm³/mol. The molecule has 0 saturated heterocycles. The van der Waals surface area contributed by atoms with Gasteiger partial charge in [0.2, 0.25) is 0 Å². The summed E-state index contributed by atoms with van der Waals surface area (Å²) in [6.45, 7) is -0.291. The molecule has 19 heavy (non-hydrogen) atoms. The van der Waals surface area contributed by atoms with Crippen LogP contribution in [0, 0.1) is 10.1 Å². The van der Waals surface area contributed by atoms with Crippen molar-refractivity contribution in [1.82, 2.24) is 4.57 Å². The fraction of sp³-hybridized carbons (Fsp3) is 0.250. The molecule has 7 heteroatoms. The number of pyridine rings is 1. The summed E-state index contributed by atoms with van der Waals surface area (Å²) in [7, 11) is 2.82. The topological polar surface area (TPSA) is 94.6 Å². The Bertz CT molecular complexity index is 720. The quantitative estimate of drug-likeness (QED) is 0.657. The van der Waals surface area contributed by atoms with Gasteiger partial charge >= 0.3 is 5.69 Å². The monoisotopic (exact) mass is 264 g/mol. The van der Waals surface area contributed by atoms with Gasteiger partial charge in [-0.25, -0.2) is 0 Å². The standard InChI is InChI=1S/C12H12N2O5/c1-13-8(6-15)3-7-4-11(19-2)10(14(17)18)5-9(7)12(13)16/h3-5,15H,6H2,1-2H3. The van der Waals surface area contributed by atoms with Gasteiger partial charge in [0, 0.05) is 18.8 Å². The molecule has 1 heterocycles. The Hall–Kier alpha value is -2.41. The lowest BCUT2D eigenvalue weighted by Gasteiger charge is -2.09. The summed E-state index contributed by atoms with van der Waals surface area (Å²) in [5.41, 5.74) is -0.232. The Kier molecular flexibility index (Phi) is 3.22. The highest BCUT2D eigenvalue weighted by molar-refractivity contribution is 5.86. The number of aromatic nitrogens is 1. The third-order valence-corrected chi connectivity index (χ3v) is 3.00. The number of fused-ring (bicyclic) bond motifs is 1. The van der Waals surface area contributed by atoms with Crippen LogP contribution in [-0.4, -0.2) is 21.7 Å². The summed E-state index contributed by atoms with van der Waals surface area (Å²) < 4.78 is 6.21. The summed E-state index contributed by atoms with van der Waals surface area (Å²) >= 11 is 0. The van der Waals surface area contributed by atoms with E-state index in [0.717, 1.165) is 0 Å². The van der Waals surface area contributed by atoms with Gasteiger partial charge in [-0.3, -0.25) is 14.9 Å². The molecule has 1 aromatic carbocycles. The maximum Gasteiger partial charge on any atom is 0.311 e. The molecule has 100 valence electrons. The molecule has 0 atom stereocenters. The average molecular weight is 264 g/mol. The Morgan fingerprint density at radius 3 is 2.63 bits per heavy atom. The van der Waals surface area contributed by atoms with E-state index in [1.54, 1.807) is 6.07 Å². The number of nitrogens with zero attached hydrogens (tertiary/aromatic N) is 2. The van der Waals surface area contributed by atoms with E-state index in [1.807, 2.05) is 0 Å². The van der Waals surface area contributed by atoms with Crippen molar-refractivity contribution in [3.05, 3.63) is 44.4 Å². The number of ether oxygens (including phenoxy) is 1. The fourth-order valence-corrected chi connectivity index (χ4v) is 1.93. The van der Waals surface area contributed by atoms with Crippen molar-refractivity contribution in [1.29, 1.82) is 0 Å². The number of methoxy groups -OCH3 is 1.